The van der Waals surface area contributed by atoms with Gasteiger partial charge in [0.15, 0.2) is 6.10 Å². The first-order valence-corrected chi connectivity index (χ1v) is 4.35. The van der Waals surface area contributed by atoms with E-state index >= 15 is 0 Å². The Morgan fingerprint density at radius 1 is 1.31 bits per heavy atom. The lowest BCUT2D eigenvalue weighted by Crippen LogP contribution is -2.25. The Balaban J connectivity index is 3.57. The van der Waals surface area contributed by atoms with Crippen LogP contribution in [-0.4, -0.2) is 32.6 Å². The molecule has 0 saturated carbocycles. The molecule has 0 saturated heterocycles. The van der Waals surface area contributed by atoms with Gasteiger partial charge >= 0.3 is 5.97 Å². The average molecular weight is 190 g/mol. The summed E-state index contributed by atoms with van der Waals surface area (Å²) in [6, 6.07) is 0. The Kier molecular flexibility index (Phi) is 6.54. The Labute approximate surface area is 79.2 Å². The second-order valence-corrected chi connectivity index (χ2v) is 3.24. The lowest BCUT2D eigenvalue weighted by Gasteiger charge is -2.12. The SMILES string of the molecule is COCOC(C)C(=O)OCC(C)C. The predicted molar refractivity (Wildman–Crippen MR) is 48.2 cm³/mol. The average Bonchev–Trinajstić information content (AvgIpc) is 2.10. The molecule has 13 heavy (non-hydrogen) atoms. The van der Waals surface area contributed by atoms with Crippen molar-refractivity contribution in [2.45, 2.75) is 26.9 Å². The van der Waals surface area contributed by atoms with Crippen LogP contribution in [0.3, 0.4) is 0 Å². The Hall–Kier alpha value is -0.610. The third-order valence-electron chi connectivity index (χ3n) is 1.33. The Bertz CT molecular complexity index is 145. The molecule has 0 aliphatic carbocycles. The zero-order valence-corrected chi connectivity index (χ0v) is 8.70. The van der Waals surface area contributed by atoms with Crippen LogP contribution < -0.4 is 0 Å². The summed E-state index contributed by atoms with van der Waals surface area (Å²) in [5.41, 5.74) is 0. The number of hydrogen-bond donors (Lipinski definition) is 0. The molecule has 0 radical (unpaired) electrons. The first kappa shape index (κ1) is 12.4. The number of ether oxygens (including phenoxy) is 3. The van der Waals surface area contributed by atoms with Gasteiger partial charge < -0.3 is 14.2 Å². The Morgan fingerprint density at radius 2 is 1.92 bits per heavy atom. The number of carbonyl (C=O) groups excluding carboxylic acids is 1. The highest BCUT2D eigenvalue weighted by Crippen LogP contribution is 1.98. The molecular formula is C9H18O4. The molecule has 0 aromatic heterocycles. The minimum atomic E-state index is -0.557. The van der Waals surface area contributed by atoms with Crippen LogP contribution in [-0.2, 0) is 19.0 Å². The van der Waals surface area contributed by atoms with Crippen molar-refractivity contribution in [3.05, 3.63) is 0 Å². The molecule has 4 heteroatoms. The van der Waals surface area contributed by atoms with Crippen molar-refractivity contribution >= 4 is 5.97 Å². The summed E-state index contributed by atoms with van der Waals surface area (Å²) < 4.78 is 14.6. The van der Waals surface area contributed by atoms with E-state index in [1.165, 1.54) is 7.11 Å². The van der Waals surface area contributed by atoms with E-state index < -0.39 is 6.10 Å². The smallest absolute Gasteiger partial charge is 0.335 e. The largest absolute Gasteiger partial charge is 0.464 e. The molecule has 0 fully saturated rings. The molecule has 0 spiro atoms. The van der Waals surface area contributed by atoms with Crippen molar-refractivity contribution < 1.29 is 19.0 Å². The van der Waals surface area contributed by atoms with Crippen molar-refractivity contribution in [2.24, 2.45) is 5.92 Å². The first-order chi connectivity index (χ1) is 6.07. The fourth-order valence-corrected chi connectivity index (χ4v) is 0.604. The molecule has 0 bridgehead atoms. The maximum Gasteiger partial charge on any atom is 0.335 e. The van der Waals surface area contributed by atoms with Crippen molar-refractivity contribution in [3.8, 4) is 0 Å². The van der Waals surface area contributed by atoms with Crippen LogP contribution in [0.4, 0.5) is 0 Å². The van der Waals surface area contributed by atoms with Crippen LogP contribution >= 0.6 is 0 Å². The lowest BCUT2D eigenvalue weighted by atomic mass is 10.2. The number of rotatable bonds is 6. The van der Waals surface area contributed by atoms with Gasteiger partial charge in [-0.2, -0.15) is 0 Å². The highest BCUT2D eigenvalue weighted by atomic mass is 16.7. The van der Waals surface area contributed by atoms with E-state index in [9.17, 15) is 4.79 Å². The van der Waals surface area contributed by atoms with Crippen LogP contribution in [0.15, 0.2) is 0 Å². The van der Waals surface area contributed by atoms with Crippen LogP contribution in [0.2, 0.25) is 0 Å². The van der Waals surface area contributed by atoms with E-state index in [1.807, 2.05) is 13.8 Å². The van der Waals surface area contributed by atoms with Crippen LogP contribution in [0.1, 0.15) is 20.8 Å². The van der Waals surface area contributed by atoms with Gasteiger partial charge in [-0.05, 0) is 12.8 Å². The molecular weight excluding hydrogens is 172 g/mol. The van der Waals surface area contributed by atoms with Crippen LogP contribution in [0, 0.1) is 5.92 Å². The monoisotopic (exact) mass is 190 g/mol. The van der Waals surface area contributed by atoms with Gasteiger partial charge in [0.1, 0.15) is 6.79 Å². The quantitative estimate of drug-likeness (QED) is 0.466. The van der Waals surface area contributed by atoms with Crippen molar-refractivity contribution in [1.29, 1.82) is 0 Å². The fraction of sp³-hybridized carbons (Fsp3) is 0.889. The van der Waals surface area contributed by atoms with Gasteiger partial charge in [-0.25, -0.2) is 4.79 Å². The van der Waals surface area contributed by atoms with E-state index in [-0.39, 0.29) is 12.8 Å². The number of hydrogen-bond acceptors (Lipinski definition) is 4. The molecule has 0 aliphatic heterocycles. The molecule has 0 rings (SSSR count). The van der Waals surface area contributed by atoms with E-state index in [0.717, 1.165) is 0 Å². The lowest BCUT2D eigenvalue weighted by molar-refractivity contribution is -0.164. The highest BCUT2D eigenvalue weighted by Gasteiger charge is 2.14. The summed E-state index contributed by atoms with van der Waals surface area (Å²) in [6.07, 6.45) is -0.557. The van der Waals surface area contributed by atoms with Gasteiger partial charge in [-0.15, -0.1) is 0 Å². The second kappa shape index (κ2) is 6.86. The number of carbonyl (C=O) groups is 1. The molecule has 0 N–H and O–H groups in total. The number of esters is 1. The summed E-state index contributed by atoms with van der Waals surface area (Å²) in [4.78, 5) is 11.2. The maximum atomic E-state index is 11.2. The third kappa shape index (κ3) is 6.54. The molecule has 0 amide bonds. The third-order valence-corrected chi connectivity index (χ3v) is 1.33. The van der Waals surface area contributed by atoms with Gasteiger partial charge in [0.05, 0.1) is 6.61 Å². The zero-order chi connectivity index (χ0) is 10.3. The van der Waals surface area contributed by atoms with Gasteiger partial charge in [0, 0.05) is 7.11 Å². The topological polar surface area (TPSA) is 44.8 Å². The van der Waals surface area contributed by atoms with Gasteiger partial charge in [0.2, 0.25) is 0 Å². The summed E-state index contributed by atoms with van der Waals surface area (Å²) in [5.74, 6) is 0.00400. The molecule has 0 aromatic rings. The standard InChI is InChI=1S/C9H18O4/c1-7(2)5-12-9(10)8(3)13-6-11-4/h7-8H,5-6H2,1-4H3. The predicted octanol–water partition coefficient (Wildman–Crippen LogP) is 1.19. The first-order valence-electron chi connectivity index (χ1n) is 4.35. The molecule has 78 valence electrons. The molecule has 0 aromatic carbocycles. The van der Waals surface area contributed by atoms with Crippen LogP contribution in [0.25, 0.3) is 0 Å². The van der Waals surface area contributed by atoms with E-state index in [1.54, 1.807) is 6.92 Å². The van der Waals surface area contributed by atoms with Gasteiger partial charge in [-0.3, -0.25) is 0 Å². The molecule has 0 aliphatic rings. The van der Waals surface area contributed by atoms with Crippen LogP contribution in [0.5, 0.6) is 0 Å². The summed E-state index contributed by atoms with van der Waals surface area (Å²) in [6.45, 7) is 6.14. The summed E-state index contributed by atoms with van der Waals surface area (Å²) in [5, 5.41) is 0. The van der Waals surface area contributed by atoms with Gasteiger partial charge in [-0.1, -0.05) is 13.8 Å². The molecule has 1 atom stereocenters. The highest BCUT2D eigenvalue weighted by molar-refractivity contribution is 5.74. The second-order valence-electron chi connectivity index (χ2n) is 3.24. The van der Waals surface area contributed by atoms with E-state index in [0.29, 0.717) is 12.5 Å². The summed E-state index contributed by atoms with van der Waals surface area (Å²) in [7, 11) is 1.51. The minimum absolute atomic E-state index is 0.109. The zero-order valence-electron chi connectivity index (χ0n) is 8.70. The number of methoxy groups -OCH3 is 1. The normalized spacial score (nSPS) is 13.0. The molecule has 4 nitrogen and oxygen atoms in total. The molecule has 0 heterocycles. The van der Waals surface area contributed by atoms with Crippen molar-refractivity contribution in [1.82, 2.24) is 0 Å². The van der Waals surface area contributed by atoms with E-state index in [2.05, 4.69) is 4.74 Å². The van der Waals surface area contributed by atoms with E-state index in [4.69, 9.17) is 9.47 Å². The van der Waals surface area contributed by atoms with Crippen molar-refractivity contribution in [3.63, 3.8) is 0 Å². The minimum Gasteiger partial charge on any atom is -0.464 e. The maximum absolute atomic E-state index is 11.2. The Morgan fingerprint density at radius 3 is 2.38 bits per heavy atom. The molecule has 1 unspecified atom stereocenters. The van der Waals surface area contributed by atoms with Crippen molar-refractivity contribution in [2.75, 3.05) is 20.5 Å². The fourth-order valence-electron chi connectivity index (χ4n) is 0.604. The van der Waals surface area contributed by atoms with Gasteiger partial charge in [0.25, 0.3) is 0 Å². The summed E-state index contributed by atoms with van der Waals surface area (Å²) >= 11 is 0.